The summed E-state index contributed by atoms with van der Waals surface area (Å²) < 4.78 is 0. The third-order valence-electron chi connectivity index (χ3n) is 10.1. The van der Waals surface area contributed by atoms with Crippen LogP contribution >= 0.6 is 11.8 Å². The molecule has 8 aromatic carbocycles. The van der Waals surface area contributed by atoms with Crippen molar-refractivity contribution in [2.45, 2.75) is 15.2 Å². The van der Waals surface area contributed by atoms with Gasteiger partial charge in [0, 0.05) is 15.2 Å². The lowest BCUT2D eigenvalue weighted by molar-refractivity contribution is 0.775. The third-order valence-corrected chi connectivity index (χ3v) is 11.4. The summed E-state index contributed by atoms with van der Waals surface area (Å²) in [5.41, 5.74) is 12.7. The predicted molar refractivity (Wildman–Crippen MR) is 194 cm³/mol. The Bertz CT molecular complexity index is 2490. The molecular weight excluding hydrogens is 573 g/mol. The van der Waals surface area contributed by atoms with Crippen LogP contribution in [0, 0.1) is 0 Å². The minimum absolute atomic E-state index is 0.439. The highest BCUT2D eigenvalue weighted by molar-refractivity contribution is 8.00. The molecule has 10 rings (SSSR count). The van der Waals surface area contributed by atoms with E-state index in [1.165, 1.54) is 87.0 Å². The summed E-state index contributed by atoms with van der Waals surface area (Å²) in [7, 11) is 0. The fourth-order valence-electron chi connectivity index (χ4n) is 8.23. The highest BCUT2D eigenvalue weighted by atomic mass is 32.2. The second-order valence-corrected chi connectivity index (χ2v) is 13.4. The van der Waals surface area contributed by atoms with Gasteiger partial charge in [-0.3, -0.25) is 0 Å². The van der Waals surface area contributed by atoms with E-state index in [-0.39, 0.29) is 0 Å². The highest BCUT2D eigenvalue weighted by Crippen LogP contribution is 2.58. The van der Waals surface area contributed by atoms with Crippen LogP contribution in [0.1, 0.15) is 22.3 Å². The first-order chi connectivity index (χ1) is 22.8. The van der Waals surface area contributed by atoms with Gasteiger partial charge in [0.2, 0.25) is 0 Å². The Kier molecular flexibility index (Phi) is 5.53. The van der Waals surface area contributed by atoms with Gasteiger partial charge in [0.05, 0.1) is 5.41 Å². The van der Waals surface area contributed by atoms with Gasteiger partial charge in [0.1, 0.15) is 0 Å². The topological polar surface area (TPSA) is 0 Å². The largest absolute Gasteiger partial charge is 0.0881 e. The Morgan fingerprint density at radius 3 is 1.93 bits per heavy atom. The molecule has 1 aliphatic heterocycles. The molecule has 0 fully saturated rings. The Morgan fingerprint density at radius 1 is 0.391 bits per heavy atom. The summed E-state index contributed by atoms with van der Waals surface area (Å²) >= 11 is 1.90. The van der Waals surface area contributed by atoms with E-state index < -0.39 is 5.41 Å². The van der Waals surface area contributed by atoms with E-state index in [1.54, 1.807) is 0 Å². The van der Waals surface area contributed by atoms with E-state index in [1.807, 2.05) is 11.8 Å². The van der Waals surface area contributed by atoms with Crippen molar-refractivity contribution in [3.05, 3.63) is 192 Å². The molecule has 0 bridgehead atoms. The molecule has 0 N–H and O–H groups in total. The van der Waals surface area contributed by atoms with E-state index in [0.717, 1.165) is 0 Å². The minimum Gasteiger partial charge on any atom is -0.0881 e. The van der Waals surface area contributed by atoms with E-state index in [9.17, 15) is 0 Å². The molecule has 0 radical (unpaired) electrons. The van der Waals surface area contributed by atoms with Crippen LogP contribution in [0.2, 0.25) is 0 Å². The summed E-state index contributed by atoms with van der Waals surface area (Å²) in [6.45, 7) is 0. The molecule has 1 heteroatoms. The summed E-state index contributed by atoms with van der Waals surface area (Å²) in [6, 6.07) is 63.2. The summed E-state index contributed by atoms with van der Waals surface area (Å²) in [4.78, 5) is 2.67. The Balaban J connectivity index is 1.23. The molecule has 0 amide bonds. The van der Waals surface area contributed by atoms with Gasteiger partial charge in [-0.05, 0) is 77.9 Å². The molecule has 2 aliphatic rings. The van der Waals surface area contributed by atoms with Gasteiger partial charge in [-0.15, -0.1) is 0 Å². The first kappa shape index (κ1) is 25.9. The molecule has 1 heterocycles. The molecule has 0 nitrogen and oxygen atoms in total. The Labute approximate surface area is 273 Å². The van der Waals surface area contributed by atoms with Crippen LogP contribution in [0.4, 0.5) is 0 Å². The zero-order valence-electron chi connectivity index (χ0n) is 25.1. The zero-order valence-corrected chi connectivity index (χ0v) is 25.9. The van der Waals surface area contributed by atoms with Crippen molar-refractivity contribution in [3.63, 3.8) is 0 Å². The van der Waals surface area contributed by atoms with Gasteiger partial charge < -0.3 is 0 Å². The van der Waals surface area contributed by atoms with Crippen molar-refractivity contribution < 1.29 is 0 Å². The summed E-state index contributed by atoms with van der Waals surface area (Å²) in [5.74, 6) is 0. The molecule has 8 aromatic rings. The fraction of sp³-hybridized carbons (Fsp3) is 0.0222. The van der Waals surface area contributed by atoms with Crippen LogP contribution < -0.4 is 0 Å². The SMILES string of the molecule is c1ccc(C2(c3ccc(-c4ccc5cccc6c5c4Sc4ccccc4-6)cc3)c3ccccc3-c3ccc4ccccc4c32)cc1. The van der Waals surface area contributed by atoms with E-state index in [0.29, 0.717) is 0 Å². The number of benzene rings is 8. The average Bonchev–Trinajstić information content (AvgIpc) is 3.44. The van der Waals surface area contributed by atoms with Crippen LogP contribution in [0.3, 0.4) is 0 Å². The molecule has 1 unspecified atom stereocenters. The van der Waals surface area contributed by atoms with Crippen molar-refractivity contribution in [1.29, 1.82) is 0 Å². The fourth-order valence-corrected chi connectivity index (χ4v) is 9.51. The average molecular weight is 601 g/mol. The van der Waals surface area contributed by atoms with E-state index >= 15 is 0 Å². The number of rotatable bonds is 3. The summed E-state index contributed by atoms with van der Waals surface area (Å²) in [6.07, 6.45) is 0. The van der Waals surface area contributed by atoms with Crippen LogP contribution in [-0.4, -0.2) is 0 Å². The Hall–Kier alpha value is -5.37. The standard InChI is InChI=1S/C45H28S/c1-2-13-32(14-3-1)45(40-19-8-6-16-36(40)39-28-23-29-11-4-5-15-34(29)43(39)45)33-25-21-30(22-26-33)35-27-24-31-12-10-18-38-37-17-7-9-20-41(37)46-44(35)42(31)38/h1-28H. The van der Waals surface area contributed by atoms with Crippen molar-refractivity contribution in [2.75, 3.05) is 0 Å². The van der Waals surface area contributed by atoms with Gasteiger partial charge in [-0.2, -0.15) is 0 Å². The molecule has 0 spiro atoms. The normalized spacial score (nSPS) is 15.8. The van der Waals surface area contributed by atoms with Crippen LogP contribution in [-0.2, 0) is 5.41 Å². The smallest absolute Gasteiger partial charge is 0.0719 e. The molecule has 46 heavy (non-hydrogen) atoms. The second kappa shape index (κ2) is 9.81. The molecule has 1 aliphatic carbocycles. The van der Waals surface area contributed by atoms with Gasteiger partial charge in [-0.1, -0.05) is 176 Å². The maximum Gasteiger partial charge on any atom is 0.0719 e. The monoisotopic (exact) mass is 600 g/mol. The molecular formula is C45H28S. The maximum atomic E-state index is 2.39. The van der Waals surface area contributed by atoms with Crippen LogP contribution in [0.15, 0.2) is 180 Å². The number of hydrogen-bond donors (Lipinski definition) is 0. The zero-order chi connectivity index (χ0) is 30.2. The highest BCUT2D eigenvalue weighted by Gasteiger charge is 2.47. The summed E-state index contributed by atoms with van der Waals surface area (Å²) in [5, 5.41) is 5.24. The minimum atomic E-state index is -0.439. The maximum absolute atomic E-state index is 2.39. The molecule has 214 valence electrons. The Morgan fingerprint density at radius 2 is 1.04 bits per heavy atom. The first-order valence-electron chi connectivity index (χ1n) is 15.9. The molecule has 0 saturated carbocycles. The third kappa shape index (κ3) is 3.47. The van der Waals surface area contributed by atoms with Crippen LogP contribution in [0.5, 0.6) is 0 Å². The quantitative estimate of drug-likeness (QED) is 0.194. The van der Waals surface area contributed by atoms with Gasteiger partial charge in [0.15, 0.2) is 0 Å². The lowest BCUT2D eigenvalue weighted by Gasteiger charge is -2.35. The second-order valence-electron chi connectivity index (χ2n) is 12.4. The van der Waals surface area contributed by atoms with E-state index in [4.69, 9.17) is 0 Å². The first-order valence-corrected chi connectivity index (χ1v) is 16.8. The van der Waals surface area contributed by atoms with Crippen molar-refractivity contribution in [2.24, 2.45) is 0 Å². The number of fused-ring (bicyclic) bond motifs is 7. The molecule has 0 saturated heterocycles. The van der Waals surface area contributed by atoms with Crippen molar-refractivity contribution in [1.82, 2.24) is 0 Å². The van der Waals surface area contributed by atoms with Gasteiger partial charge >= 0.3 is 0 Å². The molecule has 1 atom stereocenters. The lowest BCUT2D eigenvalue weighted by Crippen LogP contribution is -2.28. The molecule has 0 aromatic heterocycles. The van der Waals surface area contributed by atoms with Gasteiger partial charge in [0.25, 0.3) is 0 Å². The lowest BCUT2D eigenvalue weighted by atomic mass is 9.66. The number of hydrogen-bond acceptors (Lipinski definition) is 1. The van der Waals surface area contributed by atoms with Gasteiger partial charge in [-0.25, -0.2) is 0 Å². The predicted octanol–water partition coefficient (Wildman–Crippen LogP) is 12.2. The van der Waals surface area contributed by atoms with Crippen molar-refractivity contribution in [3.8, 4) is 33.4 Å². The van der Waals surface area contributed by atoms with E-state index in [2.05, 4.69) is 170 Å². The van der Waals surface area contributed by atoms with Crippen molar-refractivity contribution >= 4 is 33.3 Å². The van der Waals surface area contributed by atoms with Crippen LogP contribution in [0.25, 0.3) is 54.9 Å².